The fourth-order valence-electron chi connectivity index (χ4n) is 5.77. The van der Waals surface area contributed by atoms with Crippen molar-refractivity contribution in [2.75, 3.05) is 68.6 Å². The molecule has 2 fully saturated rings. The van der Waals surface area contributed by atoms with Gasteiger partial charge in [-0.15, -0.1) is 0 Å². The third-order valence-corrected chi connectivity index (χ3v) is 8.05. The van der Waals surface area contributed by atoms with E-state index < -0.39 is 0 Å². The lowest BCUT2D eigenvalue weighted by Crippen LogP contribution is -2.47. The molecule has 0 radical (unpaired) electrons. The third kappa shape index (κ3) is 5.77. The molecule has 208 valence electrons. The maximum Gasteiger partial charge on any atom is 0.228 e. The average Bonchev–Trinajstić information content (AvgIpc) is 3.02. The van der Waals surface area contributed by atoms with E-state index in [0.717, 1.165) is 81.3 Å². The number of methoxy groups -OCH3 is 2. The maximum atomic E-state index is 5.63. The zero-order chi connectivity index (χ0) is 27.3. The van der Waals surface area contributed by atoms with E-state index in [1.807, 2.05) is 12.1 Å². The highest BCUT2D eigenvalue weighted by molar-refractivity contribution is 5.93. The minimum absolute atomic E-state index is 0.348. The topological polar surface area (TPSA) is 66.0 Å². The first-order valence-electron chi connectivity index (χ1n) is 14.2. The van der Waals surface area contributed by atoms with Crippen LogP contribution in [0.4, 0.5) is 17.5 Å². The van der Waals surface area contributed by atoms with Gasteiger partial charge in [-0.05, 0) is 36.6 Å². The van der Waals surface area contributed by atoms with Crippen molar-refractivity contribution in [2.24, 2.45) is 0 Å². The number of nitrogens with zero attached hydrogens (tertiary/aromatic N) is 5. The zero-order valence-electron chi connectivity index (χ0n) is 23.4. The minimum atomic E-state index is 0.348. The van der Waals surface area contributed by atoms with Crippen LogP contribution in [0.15, 0.2) is 72.8 Å². The molecule has 8 nitrogen and oxygen atoms in total. The number of nitrogens with one attached hydrogen (secondary N) is 1. The Morgan fingerprint density at radius 3 is 2.05 bits per heavy atom. The highest BCUT2D eigenvalue weighted by Crippen LogP contribution is 2.36. The summed E-state index contributed by atoms with van der Waals surface area (Å²) in [5.74, 6) is 2.99. The van der Waals surface area contributed by atoms with Gasteiger partial charge in [0.05, 0.1) is 19.7 Å². The Bertz CT molecular complexity index is 1400. The Labute approximate surface area is 236 Å². The van der Waals surface area contributed by atoms with Crippen LogP contribution in [0.25, 0.3) is 10.9 Å². The first-order chi connectivity index (χ1) is 19.7. The number of aromatic nitrogens is 2. The number of piperazine rings is 1. The SMILES string of the molecule is COc1cc2nc(N3CCN(c4ccccc4)CC3)nc(NC3CCN(Cc4ccccc4)CC3)c2cc1OC. The molecule has 2 aliphatic rings. The number of piperidine rings is 1. The van der Waals surface area contributed by atoms with Crippen molar-refractivity contribution in [1.29, 1.82) is 0 Å². The van der Waals surface area contributed by atoms with E-state index in [-0.39, 0.29) is 0 Å². The van der Waals surface area contributed by atoms with E-state index in [9.17, 15) is 0 Å². The van der Waals surface area contributed by atoms with Gasteiger partial charge in [0.2, 0.25) is 5.95 Å². The molecule has 1 N–H and O–H groups in total. The van der Waals surface area contributed by atoms with Crippen LogP contribution in [-0.4, -0.2) is 74.4 Å². The van der Waals surface area contributed by atoms with Crippen LogP contribution in [0.3, 0.4) is 0 Å². The summed E-state index contributed by atoms with van der Waals surface area (Å²) in [5, 5.41) is 4.75. The number of fused-ring (bicyclic) bond motifs is 1. The molecule has 0 bridgehead atoms. The van der Waals surface area contributed by atoms with Gasteiger partial charge in [-0.2, -0.15) is 4.98 Å². The second-order valence-corrected chi connectivity index (χ2v) is 10.6. The van der Waals surface area contributed by atoms with E-state index in [0.29, 0.717) is 17.5 Å². The molecule has 2 saturated heterocycles. The van der Waals surface area contributed by atoms with Crippen LogP contribution in [0.5, 0.6) is 11.5 Å². The summed E-state index contributed by atoms with van der Waals surface area (Å²) in [4.78, 5) is 17.4. The van der Waals surface area contributed by atoms with Crippen molar-refractivity contribution in [3.8, 4) is 11.5 Å². The van der Waals surface area contributed by atoms with Crippen molar-refractivity contribution in [2.45, 2.75) is 25.4 Å². The molecule has 40 heavy (non-hydrogen) atoms. The fraction of sp³-hybridized carbons (Fsp3) is 0.375. The quantitative estimate of drug-likeness (QED) is 0.334. The first kappa shape index (κ1) is 26.2. The second-order valence-electron chi connectivity index (χ2n) is 10.6. The van der Waals surface area contributed by atoms with Gasteiger partial charge in [-0.1, -0.05) is 48.5 Å². The molecular formula is C32H38N6O2. The number of likely N-dealkylation sites (tertiary alicyclic amines) is 1. The Kier molecular flexibility index (Phi) is 7.86. The number of anilines is 3. The van der Waals surface area contributed by atoms with Crippen LogP contribution < -0.4 is 24.6 Å². The summed E-state index contributed by atoms with van der Waals surface area (Å²) < 4.78 is 11.2. The predicted octanol–water partition coefficient (Wildman–Crippen LogP) is 5.05. The molecule has 0 saturated carbocycles. The van der Waals surface area contributed by atoms with E-state index in [1.165, 1.54) is 11.3 Å². The van der Waals surface area contributed by atoms with Crippen molar-refractivity contribution in [1.82, 2.24) is 14.9 Å². The Hall–Kier alpha value is -4.04. The molecule has 0 atom stereocenters. The van der Waals surface area contributed by atoms with Gasteiger partial charge in [0.1, 0.15) is 5.82 Å². The molecular weight excluding hydrogens is 500 g/mol. The highest BCUT2D eigenvalue weighted by atomic mass is 16.5. The van der Waals surface area contributed by atoms with Gasteiger partial charge < -0.3 is 24.6 Å². The minimum Gasteiger partial charge on any atom is -0.493 e. The summed E-state index contributed by atoms with van der Waals surface area (Å²) in [7, 11) is 3.33. The van der Waals surface area contributed by atoms with E-state index in [1.54, 1.807) is 14.2 Å². The lowest BCUT2D eigenvalue weighted by molar-refractivity contribution is 0.211. The van der Waals surface area contributed by atoms with E-state index in [2.05, 4.69) is 80.7 Å². The molecule has 0 unspecified atom stereocenters. The molecule has 8 heteroatoms. The maximum absolute atomic E-state index is 5.63. The lowest BCUT2D eigenvalue weighted by atomic mass is 10.0. The average molecular weight is 539 g/mol. The van der Waals surface area contributed by atoms with Gasteiger partial charge in [-0.25, -0.2) is 4.98 Å². The number of hydrogen-bond donors (Lipinski definition) is 1. The van der Waals surface area contributed by atoms with E-state index in [4.69, 9.17) is 19.4 Å². The fourth-order valence-corrected chi connectivity index (χ4v) is 5.77. The van der Waals surface area contributed by atoms with Crippen LogP contribution in [0.1, 0.15) is 18.4 Å². The summed E-state index contributed by atoms with van der Waals surface area (Å²) in [6.45, 7) is 6.71. The normalized spacial score (nSPS) is 16.8. The van der Waals surface area contributed by atoms with Crippen molar-refractivity contribution in [3.63, 3.8) is 0 Å². The molecule has 4 aromatic rings. The summed E-state index contributed by atoms with van der Waals surface area (Å²) in [6.07, 6.45) is 2.13. The highest BCUT2D eigenvalue weighted by Gasteiger charge is 2.24. The molecule has 1 aromatic heterocycles. The van der Waals surface area contributed by atoms with Gasteiger partial charge >= 0.3 is 0 Å². The van der Waals surface area contributed by atoms with Crippen LogP contribution in [-0.2, 0) is 6.54 Å². The lowest BCUT2D eigenvalue weighted by Gasteiger charge is -2.36. The largest absolute Gasteiger partial charge is 0.493 e. The Morgan fingerprint density at radius 1 is 0.750 bits per heavy atom. The van der Waals surface area contributed by atoms with Crippen molar-refractivity contribution in [3.05, 3.63) is 78.4 Å². The van der Waals surface area contributed by atoms with Crippen molar-refractivity contribution >= 4 is 28.4 Å². The monoisotopic (exact) mass is 538 g/mol. The number of ether oxygens (including phenoxy) is 2. The third-order valence-electron chi connectivity index (χ3n) is 8.05. The van der Waals surface area contributed by atoms with Gasteiger partial charge in [-0.3, -0.25) is 4.90 Å². The van der Waals surface area contributed by atoms with Crippen LogP contribution >= 0.6 is 0 Å². The number of hydrogen-bond acceptors (Lipinski definition) is 8. The molecule has 3 aromatic carbocycles. The zero-order valence-corrected chi connectivity index (χ0v) is 23.4. The summed E-state index contributed by atoms with van der Waals surface area (Å²) >= 11 is 0. The summed E-state index contributed by atoms with van der Waals surface area (Å²) in [6, 6.07) is 25.6. The Morgan fingerprint density at radius 2 is 1.38 bits per heavy atom. The molecule has 0 spiro atoms. The molecule has 3 heterocycles. The van der Waals surface area contributed by atoms with Crippen LogP contribution in [0.2, 0.25) is 0 Å². The number of para-hydroxylation sites is 1. The first-order valence-corrected chi connectivity index (χ1v) is 14.2. The smallest absolute Gasteiger partial charge is 0.228 e. The summed E-state index contributed by atoms with van der Waals surface area (Å²) in [5.41, 5.74) is 3.49. The van der Waals surface area contributed by atoms with Crippen LogP contribution in [0, 0.1) is 0 Å². The molecule has 0 amide bonds. The number of benzene rings is 3. The molecule has 2 aliphatic heterocycles. The van der Waals surface area contributed by atoms with E-state index >= 15 is 0 Å². The Balaban J connectivity index is 1.21. The second kappa shape index (κ2) is 12.0. The van der Waals surface area contributed by atoms with Gasteiger partial charge in [0.25, 0.3) is 0 Å². The standard InChI is InChI=1S/C32H38N6O2/c1-39-29-21-27-28(22-30(29)40-2)34-32(38-19-17-37(18-20-38)26-11-7-4-8-12-26)35-31(27)33-25-13-15-36(16-14-25)23-24-9-5-3-6-10-24/h3-12,21-22,25H,13-20,23H2,1-2H3,(H,33,34,35). The van der Waals surface area contributed by atoms with Gasteiger partial charge in [0.15, 0.2) is 11.5 Å². The molecule has 6 rings (SSSR count). The number of rotatable bonds is 8. The van der Waals surface area contributed by atoms with Crippen molar-refractivity contribution < 1.29 is 9.47 Å². The predicted molar refractivity (Wildman–Crippen MR) is 162 cm³/mol. The van der Waals surface area contributed by atoms with Gasteiger partial charge in [0, 0.05) is 69.0 Å². The molecule has 0 aliphatic carbocycles.